The molecule has 0 saturated heterocycles. The molecule has 0 unspecified atom stereocenters. The summed E-state index contributed by atoms with van der Waals surface area (Å²) in [5.41, 5.74) is 5.70. The summed E-state index contributed by atoms with van der Waals surface area (Å²) >= 11 is 0. The first-order valence-corrected chi connectivity index (χ1v) is 9.13. The maximum atomic E-state index is 5.93. The van der Waals surface area contributed by atoms with Crippen molar-refractivity contribution in [2.45, 2.75) is 13.0 Å². The number of aromatic amines is 1. The number of H-pyrrole nitrogens is 1. The number of ether oxygens (including phenoxy) is 2. The summed E-state index contributed by atoms with van der Waals surface area (Å²) in [5, 5.41) is 7.65. The van der Waals surface area contributed by atoms with Gasteiger partial charge in [0.25, 0.3) is 0 Å². The molecule has 0 radical (unpaired) electrons. The molecular weight excluding hydrogens is 342 g/mol. The fourth-order valence-corrected chi connectivity index (χ4v) is 3.81. The molecule has 6 nitrogen and oxygen atoms in total. The van der Waals surface area contributed by atoms with Crippen LogP contribution in [-0.4, -0.2) is 41.9 Å². The van der Waals surface area contributed by atoms with Crippen molar-refractivity contribution >= 4 is 6.08 Å². The highest BCUT2D eigenvalue weighted by Gasteiger charge is 2.25. The maximum absolute atomic E-state index is 5.93. The molecule has 0 amide bonds. The second-order valence-corrected chi connectivity index (χ2v) is 6.96. The Balaban J connectivity index is 1.36. The van der Waals surface area contributed by atoms with Crippen molar-refractivity contribution in [3.8, 4) is 23.0 Å². The van der Waals surface area contributed by atoms with Crippen LogP contribution in [0.2, 0.25) is 0 Å². The topological polar surface area (TPSA) is 63.5 Å². The van der Waals surface area contributed by atoms with Crippen LogP contribution in [0.3, 0.4) is 0 Å². The number of nitrogens with one attached hydrogen (secondary N) is 1. The van der Waals surface area contributed by atoms with Crippen molar-refractivity contribution in [3.63, 3.8) is 0 Å². The van der Waals surface area contributed by atoms with Gasteiger partial charge in [-0.05, 0) is 42.0 Å². The van der Waals surface area contributed by atoms with Crippen LogP contribution in [0.25, 0.3) is 17.5 Å². The van der Waals surface area contributed by atoms with Crippen LogP contribution < -0.4 is 9.47 Å². The Morgan fingerprint density at radius 3 is 3.11 bits per heavy atom. The van der Waals surface area contributed by atoms with E-state index >= 15 is 0 Å². The molecule has 1 N–H and O–H groups in total. The number of methoxy groups -OCH3 is 1. The van der Waals surface area contributed by atoms with Gasteiger partial charge < -0.3 is 13.9 Å². The first-order chi connectivity index (χ1) is 13.3. The van der Waals surface area contributed by atoms with Gasteiger partial charge in [0, 0.05) is 42.9 Å². The van der Waals surface area contributed by atoms with Crippen LogP contribution in [0.1, 0.15) is 16.8 Å². The lowest BCUT2D eigenvalue weighted by molar-refractivity contribution is 0.256. The third-order valence-electron chi connectivity index (χ3n) is 5.18. The van der Waals surface area contributed by atoms with Crippen LogP contribution in [0, 0.1) is 0 Å². The van der Waals surface area contributed by atoms with Crippen molar-refractivity contribution in [1.82, 2.24) is 15.1 Å². The summed E-state index contributed by atoms with van der Waals surface area (Å²) in [5.74, 6) is 2.57. The molecule has 0 spiro atoms. The molecule has 6 heteroatoms. The van der Waals surface area contributed by atoms with Crippen molar-refractivity contribution < 1.29 is 13.9 Å². The molecule has 4 heterocycles. The minimum atomic E-state index is 0.624. The molecule has 2 aromatic heterocycles. The van der Waals surface area contributed by atoms with E-state index in [1.54, 1.807) is 13.4 Å². The molecule has 5 rings (SSSR count). The Hall–Kier alpha value is -2.99. The number of hydrogen-bond donors (Lipinski definition) is 1. The van der Waals surface area contributed by atoms with Crippen LogP contribution in [0.5, 0.6) is 11.5 Å². The van der Waals surface area contributed by atoms with Gasteiger partial charge in [0.2, 0.25) is 0 Å². The molecule has 0 aliphatic carbocycles. The van der Waals surface area contributed by atoms with Crippen molar-refractivity contribution in [2.75, 3.05) is 26.8 Å². The zero-order valence-electron chi connectivity index (χ0n) is 15.2. The van der Waals surface area contributed by atoms with Gasteiger partial charge in [0.1, 0.15) is 23.8 Å². The Kier molecular flexibility index (Phi) is 3.98. The Labute approximate surface area is 157 Å². The zero-order valence-corrected chi connectivity index (χ0v) is 15.2. The summed E-state index contributed by atoms with van der Waals surface area (Å²) in [6.45, 7) is 3.34. The average molecular weight is 363 g/mol. The molecule has 2 aliphatic rings. The fourth-order valence-electron chi connectivity index (χ4n) is 3.81. The van der Waals surface area contributed by atoms with Gasteiger partial charge in [-0.25, -0.2) is 0 Å². The summed E-state index contributed by atoms with van der Waals surface area (Å²) in [4.78, 5) is 2.44. The van der Waals surface area contributed by atoms with Gasteiger partial charge in [-0.15, -0.1) is 0 Å². The number of benzene rings is 1. The van der Waals surface area contributed by atoms with E-state index in [-0.39, 0.29) is 0 Å². The van der Waals surface area contributed by atoms with E-state index in [1.165, 1.54) is 16.8 Å². The van der Waals surface area contributed by atoms with Gasteiger partial charge in [-0.2, -0.15) is 5.10 Å². The van der Waals surface area contributed by atoms with Crippen molar-refractivity contribution in [1.29, 1.82) is 0 Å². The summed E-state index contributed by atoms with van der Waals surface area (Å²) in [6, 6.07) is 9.77. The SMILES string of the molecule is COc1ccc2c(c1)C=C(CN1CCc3[nH]nc(-c4ccco4)c3C1)CO2. The summed E-state index contributed by atoms with van der Waals surface area (Å²) in [7, 11) is 1.68. The molecule has 0 atom stereocenters. The summed E-state index contributed by atoms with van der Waals surface area (Å²) in [6.07, 6.45) is 4.87. The van der Waals surface area contributed by atoms with Gasteiger partial charge in [0.05, 0.1) is 13.4 Å². The van der Waals surface area contributed by atoms with Crippen LogP contribution >= 0.6 is 0 Å². The van der Waals surface area contributed by atoms with Gasteiger partial charge in [0.15, 0.2) is 5.76 Å². The van der Waals surface area contributed by atoms with E-state index in [9.17, 15) is 0 Å². The maximum Gasteiger partial charge on any atom is 0.154 e. The number of fused-ring (bicyclic) bond motifs is 2. The van der Waals surface area contributed by atoms with E-state index in [0.717, 1.165) is 54.6 Å². The van der Waals surface area contributed by atoms with Crippen LogP contribution in [0.4, 0.5) is 0 Å². The highest BCUT2D eigenvalue weighted by atomic mass is 16.5. The molecule has 0 saturated carbocycles. The van der Waals surface area contributed by atoms with Crippen LogP contribution in [-0.2, 0) is 13.0 Å². The van der Waals surface area contributed by atoms with Gasteiger partial charge >= 0.3 is 0 Å². The van der Waals surface area contributed by atoms with Crippen LogP contribution in [0.15, 0.2) is 46.6 Å². The van der Waals surface area contributed by atoms with E-state index < -0.39 is 0 Å². The van der Waals surface area contributed by atoms with E-state index in [1.807, 2.05) is 30.3 Å². The smallest absolute Gasteiger partial charge is 0.154 e. The molecule has 0 fully saturated rings. The molecule has 138 valence electrons. The largest absolute Gasteiger partial charge is 0.497 e. The molecule has 0 bridgehead atoms. The lowest BCUT2D eigenvalue weighted by atomic mass is 10.0. The standard InChI is InChI=1S/C21H21N3O3/c1-25-16-4-5-19-15(10-16)9-14(13-27-19)11-24-7-6-18-17(12-24)21(23-22-18)20-3-2-8-26-20/h2-5,8-10H,6-7,11-13H2,1H3,(H,22,23). The number of aromatic nitrogens is 2. The molecular formula is C21H21N3O3. The third kappa shape index (κ3) is 3.02. The minimum Gasteiger partial charge on any atom is -0.497 e. The van der Waals surface area contributed by atoms with E-state index in [2.05, 4.69) is 21.2 Å². The van der Waals surface area contributed by atoms with Gasteiger partial charge in [-0.3, -0.25) is 10.00 Å². The second kappa shape index (κ2) is 6.63. The Morgan fingerprint density at radius 2 is 2.26 bits per heavy atom. The minimum absolute atomic E-state index is 0.624. The van der Waals surface area contributed by atoms with Crippen molar-refractivity contribution in [2.24, 2.45) is 0 Å². The lowest BCUT2D eigenvalue weighted by Crippen LogP contribution is -2.33. The predicted octanol–water partition coefficient (Wildman–Crippen LogP) is 3.51. The number of furan rings is 1. The third-order valence-corrected chi connectivity index (χ3v) is 5.18. The number of nitrogens with zero attached hydrogens (tertiary/aromatic N) is 2. The summed E-state index contributed by atoms with van der Waals surface area (Å²) < 4.78 is 16.8. The predicted molar refractivity (Wildman–Crippen MR) is 102 cm³/mol. The Bertz CT molecular complexity index is 988. The first-order valence-electron chi connectivity index (χ1n) is 9.13. The fraction of sp³-hybridized carbons (Fsp3) is 0.286. The van der Waals surface area contributed by atoms with E-state index in [0.29, 0.717) is 6.61 Å². The molecule has 3 aromatic rings. The molecule has 1 aromatic carbocycles. The zero-order chi connectivity index (χ0) is 18.2. The highest BCUT2D eigenvalue weighted by molar-refractivity contribution is 5.64. The average Bonchev–Trinajstić information content (AvgIpc) is 3.36. The first kappa shape index (κ1) is 16.2. The number of rotatable bonds is 4. The normalized spacial score (nSPS) is 16.3. The monoisotopic (exact) mass is 363 g/mol. The quantitative estimate of drug-likeness (QED) is 0.768. The van der Waals surface area contributed by atoms with Crippen molar-refractivity contribution in [3.05, 3.63) is 59.0 Å². The Morgan fingerprint density at radius 1 is 1.30 bits per heavy atom. The number of hydrogen-bond acceptors (Lipinski definition) is 5. The molecule has 2 aliphatic heterocycles. The highest BCUT2D eigenvalue weighted by Crippen LogP contribution is 2.32. The molecule has 27 heavy (non-hydrogen) atoms. The lowest BCUT2D eigenvalue weighted by Gasteiger charge is -2.29. The van der Waals surface area contributed by atoms with E-state index in [4.69, 9.17) is 13.9 Å². The van der Waals surface area contributed by atoms with Gasteiger partial charge in [-0.1, -0.05) is 0 Å². The second-order valence-electron chi connectivity index (χ2n) is 6.96.